The van der Waals surface area contributed by atoms with E-state index in [2.05, 4.69) is 26.5 Å². The summed E-state index contributed by atoms with van der Waals surface area (Å²) in [5, 5.41) is 4.78. The molecule has 0 atom stereocenters. The van der Waals surface area contributed by atoms with Crippen molar-refractivity contribution in [2.45, 2.75) is 11.4 Å². The van der Waals surface area contributed by atoms with Gasteiger partial charge in [-0.3, -0.25) is 4.79 Å². The maximum absolute atomic E-state index is 13.2. The van der Waals surface area contributed by atoms with E-state index in [9.17, 15) is 13.2 Å². The zero-order valence-electron chi connectivity index (χ0n) is 16.6. The van der Waals surface area contributed by atoms with Crippen LogP contribution in [0.4, 0.5) is 0 Å². The summed E-state index contributed by atoms with van der Waals surface area (Å²) in [6, 6.07) is 19.9. The Labute approximate surface area is 205 Å². The highest BCUT2D eigenvalue weighted by Crippen LogP contribution is 2.21. The lowest BCUT2D eigenvalue weighted by atomic mass is 10.2. The number of hydrogen-bond donors (Lipinski definition) is 1. The van der Waals surface area contributed by atoms with Crippen LogP contribution in [0, 0.1) is 0 Å². The molecule has 0 aromatic heterocycles. The molecule has 3 aromatic carbocycles. The number of nitrogens with one attached hydrogen (secondary N) is 1. The molecule has 0 spiro atoms. The molecule has 0 aliphatic carbocycles. The van der Waals surface area contributed by atoms with Gasteiger partial charge in [0, 0.05) is 26.6 Å². The molecule has 1 N–H and O–H groups in total. The number of nitrogens with zero attached hydrogens (tertiary/aromatic N) is 2. The number of benzene rings is 3. The first-order chi connectivity index (χ1) is 15.3. The second-order valence-electron chi connectivity index (χ2n) is 6.67. The lowest BCUT2D eigenvalue weighted by Gasteiger charge is -2.21. The van der Waals surface area contributed by atoms with Gasteiger partial charge in [0.15, 0.2) is 0 Å². The van der Waals surface area contributed by atoms with Crippen molar-refractivity contribution in [3.63, 3.8) is 0 Å². The van der Waals surface area contributed by atoms with Crippen LogP contribution in [-0.2, 0) is 21.4 Å². The van der Waals surface area contributed by atoms with Gasteiger partial charge in [0.1, 0.15) is 0 Å². The monoisotopic (exact) mass is 553 g/mol. The Morgan fingerprint density at radius 2 is 1.66 bits per heavy atom. The van der Waals surface area contributed by atoms with E-state index in [1.807, 2.05) is 0 Å². The number of carbonyl (C=O) groups is 1. The summed E-state index contributed by atoms with van der Waals surface area (Å²) >= 11 is 15.3. The van der Waals surface area contributed by atoms with Gasteiger partial charge < -0.3 is 0 Å². The Kier molecular flexibility index (Phi) is 8.44. The van der Waals surface area contributed by atoms with E-state index < -0.39 is 22.5 Å². The summed E-state index contributed by atoms with van der Waals surface area (Å²) in [7, 11) is -3.98. The number of amides is 1. The van der Waals surface area contributed by atoms with Gasteiger partial charge in [0.05, 0.1) is 17.7 Å². The van der Waals surface area contributed by atoms with Crippen molar-refractivity contribution in [1.29, 1.82) is 0 Å². The molecule has 0 bridgehead atoms. The molecule has 3 rings (SSSR count). The molecule has 0 fully saturated rings. The number of hydrogen-bond acceptors (Lipinski definition) is 4. The molecule has 0 saturated heterocycles. The third-order valence-electron chi connectivity index (χ3n) is 4.34. The van der Waals surface area contributed by atoms with Crippen LogP contribution in [0.25, 0.3) is 0 Å². The highest BCUT2D eigenvalue weighted by molar-refractivity contribution is 9.10. The summed E-state index contributed by atoms with van der Waals surface area (Å²) in [4.78, 5) is 12.5. The van der Waals surface area contributed by atoms with E-state index in [0.717, 1.165) is 14.3 Å². The quantitative estimate of drug-likeness (QED) is 0.311. The average molecular weight is 555 g/mol. The minimum absolute atomic E-state index is 0.000112. The van der Waals surface area contributed by atoms with Crippen molar-refractivity contribution in [3.05, 3.63) is 98.4 Å². The van der Waals surface area contributed by atoms with Crippen molar-refractivity contribution in [1.82, 2.24) is 9.73 Å². The van der Waals surface area contributed by atoms with Gasteiger partial charge in [-0.05, 0) is 48.0 Å². The highest BCUT2D eigenvalue weighted by atomic mass is 79.9. The minimum atomic E-state index is -3.98. The van der Waals surface area contributed by atoms with Crippen LogP contribution in [0.1, 0.15) is 11.1 Å². The molecular weight excluding hydrogens is 537 g/mol. The van der Waals surface area contributed by atoms with E-state index in [0.29, 0.717) is 15.6 Å². The van der Waals surface area contributed by atoms with Crippen molar-refractivity contribution in [2.75, 3.05) is 6.54 Å². The summed E-state index contributed by atoms with van der Waals surface area (Å²) in [5.41, 5.74) is 3.69. The van der Waals surface area contributed by atoms with E-state index in [1.54, 1.807) is 48.5 Å². The smallest absolute Gasteiger partial charge is 0.255 e. The van der Waals surface area contributed by atoms with E-state index >= 15 is 0 Å². The Hall–Kier alpha value is -2.23. The van der Waals surface area contributed by atoms with E-state index in [-0.39, 0.29) is 11.4 Å². The number of carbonyl (C=O) groups excluding carboxylic acids is 1. The molecule has 0 radical (unpaired) electrons. The van der Waals surface area contributed by atoms with Crippen LogP contribution in [0.3, 0.4) is 0 Å². The predicted molar refractivity (Wildman–Crippen MR) is 130 cm³/mol. The summed E-state index contributed by atoms with van der Waals surface area (Å²) in [6.45, 7) is -0.430. The Bertz CT molecular complexity index is 1220. The zero-order valence-corrected chi connectivity index (χ0v) is 20.5. The van der Waals surface area contributed by atoms with Crippen molar-refractivity contribution < 1.29 is 13.2 Å². The molecule has 32 heavy (non-hydrogen) atoms. The van der Waals surface area contributed by atoms with E-state index in [1.165, 1.54) is 30.5 Å². The van der Waals surface area contributed by atoms with Crippen LogP contribution in [0.15, 0.2) is 87.3 Å². The largest absolute Gasteiger partial charge is 0.272 e. The summed E-state index contributed by atoms with van der Waals surface area (Å²) in [5.74, 6) is -0.594. The standard InChI is InChI=1S/C22H18BrCl2N3O3S/c23-18-7-5-16(6-8-18)14-28(32(30,31)20-11-9-19(24)10-12-20)15-22(29)27-26-13-17-3-1-2-4-21(17)25/h1-13H,14-15H2,(H,27,29)/b26-13-. The third-order valence-corrected chi connectivity index (χ3v) is 7.27. The Balaban J connectivity index is 1.80. The first-order valence-corrected chi connectivity index (χ1v) is 12.3. The summed E-state index contributed by atoms with van der Waals surface area (Å²) < 4.78 is 28.4. The molecule has 6 nitrogen and oxygen atoms in total. The molecule has 0 aliphatic rings. The molecular formula is C22H18BrCl2N3O3S. The van der Waals surface area contributed by atoms with E-state index in [4.69, 9.17) is 23.2 Å². The van der Waals surface area contributed by atoms with Gasteiger partial charge >= 0.3 is 0 Å². The fourth-order valence-corrected chi connectivity index (χ4v) is 4.68. The van der Waals surface area contributed by atoms with Crippen LogP contribution >= 0.6 is 39.1 Å². The van der Waals surface area contributed by atoms with Crippen LogP contribution in [-0.4, -0.2) is 31.4 Å². The highest BCUT2D eigenvalue weighted by Gasteiger charge is 2.27. The molecule has 166 valence electrons. The van der Waals surface area contributed by atoms with Gasteiger partial charge in [-0.25, -0.2) is 13.8 Å². The van der Waals surface area contributed by atoms with Gasteiger partial charge in [-0.2, -0.15) is 9.41 Å². The third kappa shape index (κ3) is 6.63. The van der Waals surface area contributed by atoms with Crippen LogP contribution in [0.5, 0.6) is 0 Å². The molecule has 0 heterocycles. The Morgan fingerprint density at radius 3 is 2.31 bits per heavy atom. The molecule has 1 amide bonds. The average Bonchev–Trinajstić information content (AvgIpc) is 2.76. The number of hydrazone groups is 1. The summed E-state index contributed by atoms with van der Waals surface area (Å²) in [6.07, 6.45) is 1.40. The zero-order chi connectivity index (χ0) is 23.1. The molecule has 0 unspecified atom stereocenters. The van der Waals surface area contributed by atoms with Crippen LogP contribution < -0.4 is 5.43 Å². The predicted octanol–water partition coefficient (Wildman–Crippen LogP) is 5.10. The number of sulfonamides is 1. The second kappa shape index (κ2) is 11.1. The van der Waals surface area contributed by atoms with Gasteiger partial charge in [-0.15, -0.1) is 0 Å². The molecule has 0 saturated carbocycles. The molecule has 3 aromatic rings. The lowest BCUT2D eigenvalue weighted by Crippen LogP contribution is -2.39. The Morgan fingerprint density at radius 1 is 1.00 bits per heavy atom. The van der Waals surface area contributed by atoms with Gasteiger partial charge in [0.25, 0.3) is 5.91 Å². The van der Waals surface area contributed by atoms with Crippen LogP contribution in [0.2, 0.25) is 10.0 Å². The number of halogens is 3. The first-order valence-electron chi connectivity index (χ1n) is 9.32. The van der Waals surface area contributed by atoms with Crippen molar-refractivity contribution >= 4 is 61.3 Å². The molecule has 10 heteroatoms. The van der Waals surface area contributed by atoms with Gasteiger partial charge in [0.2, 0.25) is 10.0 Å². The maximum Gasteiger partial charge on any atom is 0.255 e. The first kappa shape index (κ1) is 24.4. The molecule has 0 aliphatic heterocycles. The fourth-order valence-electron chi connectivity index (χ4n) is 2.72. The SMILES string of the molecule is O=C(CN(Cc1ccc(Br)cc1)S(=O)(=O)c1ccc(Cl)cc1)N/N=C\c1ccccc1Cl. The number of rotatable bonds is 8. The van der Waals surface area contributed by atoms with Crippen molar-refractivity contribution in [2.24, 2.45) is 5.10 Å². The van der Waals surface area contributed by atoms with Gasteiger partial charge in [-0.1, -0.05) is 69.5 Å². The minimum Gasteiger partial charge on any atom is -0.272 e. The fraction of sp³-hybridized carbons (Fsp3) is 0.0909. The lowest BCUT2D eigenvalue weighted by molar-refractivity contribution is -0.121. The topological polar surface area (TPSA) is 78.8 Å². The normalized spacial score (nSPS) is 11.8. The maximum atomic E-state index is 13.2. The second-order valence-corrected chi connectivity index (χ2v) is 10.4. The van der Waals surface area contributed by atoms with Crippen molar-refractivity contribution in [3.8, 4) is 0 Å².